The molecule has 16 heteroatoms. The number of nitrogens with one attached hydrogen (secondary N) is 1. The first-order valence-electron chi connectivity index (χ1n) is 12.2. The van der Waals surface area contributed by atoms with E-state index in [1.165, 1.54) is 18.2 Å². The van der Waals surface area contributed by atoms with Crippen molar-refractivity contribution in [2.45, 2.75) is 35.4 Å². The molecule has 1 amide bonds. The smallest absolute Gasteiger partial charge is 0.326 e. The number of hydrogen-bond donors (Lipinski definition) is 1. The molecule has 1 aliphatic carbocycles. The fraction of sp³-hybridized carbons (Fsp3) is 0.250. The molecular weight excluding hydrogens is 692 g/mol. The highest BCUT2D eigenvalue weighted by atomic mass is 35.5. The number of ketones is 2. The fourth-order valence-electron chi connectivity index (χ4n) is 4.53. The van der Waals surface area contributed by atoms with Crippen molar-refractivity contribution in [2.75, 3.05) is 5.32 Å². The standard InChI is InChI=1S/C28H15Cl4F8NO3/c29-17-5-3-13(41-25(44)23-22(26(23,31)32)11-1-4-18(30)16(7-11)27(35,36)37)9-14(17)20(42)8-12-2-6-19(33)15(24(12)34)10-21(43)28(38,39)40/h1-7,9,22-23H,8,10H2,(H,41,44)/t22-,23+/m0/s1. The summed E-state index contributed by atoms with van der Waals surface area (Å²) < 4.78 is 105. The molecule has 44 heavy (non-hydrogen) atoms. The number of halogens is 12. The van der Waals surface area contributed by atoms with Crippen molar-refractivity contribution < 1.29 is 49.5 Å². The molecule has 3 aromatic rings. The molecule has 1 aliphatic rings. The largest absolute Gasteiger partial charge is 0.450 e. The van der Waals surface area contributed by atoms with Crippen LogP contribution in [0.3, 0.4) is 0 Å². The third-order valence-electron chi connectivity index (χ3n) is 6.80. The molecule has 234 valence electrons. The number of benzene rings is 3. The van der Waals surface area contributed by atoms with Gasteiger partial charge in [0.1, 0.15) is 16.0 Å². The molecule has 1 fully saturated rings. The second-order valence-electron chi connectivity index (χ2n) is 9.75. The minimum absolute atomic E-state index is 0.00326. The van der Waals surface area contributed by atoms with Gasteiger partial charge in [0.2, 0.25) is 11.7 Å². The van der Waals surface area contributed by atoms with Gasteiger partial charge in [-0.15, -0.1) is 23.2 Å². The highest BCUT2D eigenvalue weighted by Crippen LogP contribution is 2.65. The van der Waals surface area contributed by atoms with E-state index in [1.807, 2.05) is 0 Å². The number of amides is 1. The number of alkyl halides is 8. The van der Waals surface area contributed by atoms with Gasteiger partial charge in [0, 0.05) is 35.6 Å². The van der Waals surface area contributed by atoms with Crippen LogP contribution in [0.15, 0.2) is 48.5 Å². The summed E-state index contributed by atoms with van der Waals surface area (Å²) in [6.45, 7) is 0. The van der Waals surface area contributed by atoms with Crippen LogP contribution in [0.1, 0.15) is 38.5 Å². The molecule has 3 aromatic carbocycles. The maximum absolute atomic E-state index is 14.9. The second-order valence-corrected chi connectivity index (χ2v) is 12.0. The normalized spacial score (nSPS) is 17.7. The van der Waals surface area contributed by atoms with Gasteiger partial charge in [-0.05, 0) is 47.5 Å². The van der Waals surface area contributed by atoms with Crippen molar-refractivity contribution in [3.63, 3.8) is 0 Å². The van der Waals surface area contributed by atoms with Crippen molar-refractivity contribution in [3.8, 4) is 0 Å². The van der Waals surface area contributed by atoms with E-state index in [1.54, 1.807) is 0 Å². The van der Waals surface area contributed by atoms with E-state index < -0.39 is 92.2 Å². The van der Waals surface area contributed by atoms with Crippen LogP contribution in [0.5, 0.6) is 0 Å². The molecule has 4 rings (SSSR count). The molecule has 2 atom stereocenters. The van der Waals surface area contributed by atoms with Crippen LogP contribution in [0.25, 0.3) is 0 Å². The Bertz CT molecular complexity index is 1670. The first-order valence-corrected chi connectivity index (χ1v) is 13.7. The fourth-order valence-corrected chi connectivity index (χ4v) is 5.81. The van der Waals surface area contributed by atoms with E-state index in [-0.39, 0.29) is 21.8 Å². The number of carbonyl (C=O) groups excluding carboxylic acids is 3. The molecule has 0 heterocycles. The minimum Gasteiger partial charge on any atom is -0.326 e. The number of carbonyl (C=O) groups is 3. The van der Waals surface area contributed by atoms with Crippen LogP contribution < -0.4 is 5.32 Å². The SMILES string of the molecule is O=C(Cc1ccc(F)c(CC(=O)C(F)(F)F)c1F)c1cc(NC(=O)[C@H]2[C@H](c3ccc(Cl)c(C(F)(F)F)c3)C2(Cl)Cl)ccc1Cl. The molecular formula is C28H15Cl4F8NO3. The average molecular weight is 707 g/mol. The van der Waals surface area contributed by atoms with E-state index in [2.05, 4.69) is 5.32 Å². The van der Waals surface area contributed by atoms with Gasteiger partial charge in [-0.1, -0.05) is 35.3 Å². The quantitative estimate of drug-likeness (QED) is 0.145. The van der Waals surface area contributed by atoms with Gasteiger partial charge >= 0.3 is 12.4 Å². The van der Waals surface area contributed by atoms with Gasteiger partial charge in [-0.3, -0.25) is 14.4 Å². The van der Waals surface area contributed by atoms with Gasteiger partial charge in [-0.2, -0.15) is 26.3 Å². The molecule has 0 aliphatic heterocycles. The van der Waals surface area contributed by atoms with E-state index in [0.717, 1.165) is 24.3 Å². The molecule has 0 radical (unpaired) electrons. The maximum atomic E-state index is 14.9. The Morgan fingerprint density at radius 1 is 0.841 bits per heavy atom. The summed E-state index contributed by atoms with van der Waals surface area (Å²) in [4.78, 5) is 37.3. The topological polar surface area (TPSA) is 63.2 Å². The highest BCUT2D eigenvalue weighted by Gasteiger charge is 2.67. The summed E-state index contributed by atoms with van der Waals surface area (Å²) in [5.41, 5.74) is -3.16. The summed E-state index contributed by atoms with van der Waals surface area (Å²) in [6, 6.07) is 7.94. The molecule has 0 aromatic heterocycles. The Kier molecular flexibility index (Phi) is 9.34. The predicted octanol–water partition coefficient (Wildman–Crippen LogP) is 8.92. The first-order chi connectivity index (χ1) is 20.2. The third kappa shape index (κ3) is 6.98. The van der Waals surface area contributed by atoms with E-state index in [9.17, 15) is 49.5 Å². The molecule has 4 nitrogen and oxygen atoms in total. The average Bonchev–Trinajstić information content (AvgIpc) is 3.49. The molecule has 0 spiro atoms. The van der Waals surface area contributed by atoms with E-state index >= 15 is 0 Å². The van der Waals surface area contributed by atoms with Crippen LogP contribution in [0.2, 0.25) is 10.0 Å². The number of Topliss-reactive ketones (excluding diaryl/α,β-unsaturated/α-hetero) is 2. The number of anilines is 1. The van der Waals surface area contributed by atoms with E-state index in [4.69, 9.17) is 46.4 Å². The Morgan fingerprint density at radius 3 is 2.09 bits per heavy atom. The van der Waals surface area contributed by atoms with E-state index in [0.29, 0.717) is 6.07 Å². The molecule has 0 unspecified atom stereocenters. The van der Waals surface area contributed by atoms with Gasteiger partial charge in [0.15, 0.2) is 5.78 Å². The van der Waals surface area contributed by atoms with Gasteiger partial charge in [0.25, 0.3) is 0 Å². The molecule has 0 saturated heterocycles. The van der Waals surface area contributed by atoms with Crippen molar-refractivity contribution >= 4 is 69.6 Å². The lowest BCUT2D eigenvalue weighted by Crippen LogP contribution is -2.25. The van der Waals surface area contributed by atoms with Gasteiger partial charge < -0.3 is 5.32 Å². The van der Waals surface area contributed by atoms with Crippen molar-refractivity contribution in [1.29, 1.82) is 0 Å². The summed E-state index contributed by atoms with van der Waals surface area (Å²) in [7, 11) is 0. The lowest BCUT2D eigenvalue weighted by Gasteiger charge is -2.12. The van der Waals surface area contributed by atoms with Gasteiger partial charge in [0.05, 0.1) is 21.5 Å². The zero-order chi connectivity index (χ0) is 32.9. The summed E-state index contributed by atoms with van der Waals surface area (Å²) in [6.07, 6.45) is -12.6. The van der Waals surface area contributed by atoms with Crippen LogP contribution in [-0.2, 0) is 28.6 Å². The lowest BCUT2D eigenvalue weighted by atomic mass is 9.98. The zero-order valence-corrected chi connectivity index (χ0v) is 24.5. The predicted molar refractivity (Wildman–Crippen MR) is 146 cm³/mol. The van der Waals surface area contributed by atoms with Crippen LogP contribution >= 0.6 is 46.4 Å². The van der Waals surface area contributed by atoms with Crippen LogP contribution in [0.4, 0.5) is 40.8 Å². The van der Waals surface area contributed by atoms with Gasteiger partial charge in [-0.25, -0.2) is 8.78 Å². The first kappa shape index (κ1) is 34.0. The lowest BCUT2D eigenvalue weighted by molar-refractivity contribution is -0.170. The third-order valence-corrected chi connectivity index (χ3v) is 8.40. The van der Waals surface area contributed by atoms with Crippen LogP contribution in [0, 0.1) is 17.6 Å². The summed E-state index contributed by atoms with van der Waals surface area (Å²) >= 11 is 24.2. The second kappa shape index (κ2) is 12.1. The van der Waals surface area contributed by atoms with Crippen molar-refractivity contribution in [1.82, 2.24) is 0 Å². The Balaban J connectivity index is 1.53. The van der Waals surface area contributed by atoms with Crippen molar-refractivity contribution in [3.05, 3.63) is 98.0 Å². The zero-order valence-electron chi connectivity index (χ0n) is 21.4. The number of rotatable bonds is 8. The molecule has 1 saturated carbocycles. The maximum Gasteiger partial charge on any atom is 0.450 e. The monoisotopic (exact) mass is 705 g/mol. The molecule has 0 bridgehead atoms. The Labute approximate surface area is 263 Å². The van der Waals surface area contributed by atoms with Crippen LogP contribution in [-0.4, -0.2) is 28.0 Å². The summed E-state index contributed by atoms with van der Waals surface area (Å²) in [5, 5.41) is 1.69. The Hall–Kier alpha value is -2.93. The van der Waals surface area contributed by atoms with Crippen molar-refractivity contribution in [2.24, 2.45) is 5.92 Å². The molecule has 1 N–H and O–H groups in total. The summed E-state index contributed by atoms with van der Waals surface area (Å²) in [5.74, 6) is -9.33. The highest BCUT2D eigenvalue weighted by molar-refractivity contribution is 6.53. The number of hydrogen-bond acceptors (Lipinski definition) is 3. The minimum atomic E-state index is -5.34. The Morgan fingerprint density at radius 2 is 1.48 bits per heavy atom.